The molecule has 1 fully saturated rings. The number of hydrogen-bond donors (Lipinski definition) is 1. The third-order valence-corrected chi connectivity index (χ3v) is 8.56. The summed E-state index contributed by atoms with van der Waals surface area (Å²) >= 11 is 1.34. The number of carbonyl (C=O) groups is 2. The van der Waals surface area contributed by atoms with Gasteiger partial charge in [-0.2, -0.15) is 0 Å². The number of anilines is 1. The number of methoxy groups -OCH3 is 1. The van der Waals surface area contributed by atoms with Gasteiger partial charge in [0.1, 0.15) is 11.5 Å². The highest BCUT2D eigenvalue weighted by Crippen LogP contribution is 2.46. The van der Waals surface area contributed by atoms with E-state index < -0.39 is 17.7 Å². The molecule has 8 nitrogen and oxygen atoms in total. The Morgan fingerprint density at radius 2 is 1.77 bits per heavy atom. The van der Waals surface area contributed by atoms with Crippen LogP contribution < -0.4 is 19.1 Å². The lowest BCUT2D eigenvalue weighted by atomic mass is 9.95. The average Bonchev–Trinajstić information content (AvgIpc) is 3.56. The Balaban J connectivity index is 1.66. The number of hydrogen-bond acceptors (Lipinski definition) is 8. The van der Waals surface area contributed by atoms with Crippen LogP contribution in [0.15, 0.2) is 60.2 Å². The van der Waals surface area contributed by atoms with Gasteiger partial charge in [0.2, 0.25) is 0 Å². The Morgan fingerprint density at radius 3 is 2.52 bits per heavy atom. The van der Waals surface area contributed by atoms with Crippen molar-refractivity contribution in [3.05, 3.63) is 82.4 Å². The molecule has 1 amide bonds. The molecular formula is C35H38N2O6S. The number of unbranched alkanes of at least 4 members (excludes halogenated alkanes) is 2. The van der Waals surface area contributed by atoms with E-state index in [-0.39, 0.29) is 11.3 Å². The minimum absolute atomic E-state index is 0.0338. The molecule has 0 aliphatic carbocycles. The number of thiazole rings is 1. The molecule has 9 heteroatoms. The summed E-state index contributed by atoms with van der Waals surface area (Å²) < 4.78 is 18.4. The summed E-state index contributed by atoms with van der Waals surface area (Å²) in [5.41, 5.74) is 3.74. The summed E-state index contributed by atoms with van der Waals surface area (Å²) in [7, 11) is 1.55. The molecule has 230 valence electrons. The number of benzene rings is 3. The van der Waals surface area contributed by atoms with Gasteiger partial charge in [-0.25, -0.2) is 4.98 Å². The Hall–Kier alpha value is -4.37. The fourth-order valence-corrected chi connectivity index (χ4v) is 6.59. The molecule has 0 saturated carbocycles. The van der Waals surface area contributed by atoms with Gasteiger partial charge in [-0.15, -0.1) is 0 Å². The lowest BCUT2D eigenvalue weighted by molar-refractivity contribution is -0.132. The van der Waals surface area contributed by atoms with Crippen molar-refractivity contribution in [1.82, 2.24) is 4.98 Å². The SMILES string of the molecule is CCCCCOc1ccc(C2C(=C(O)c3cccc(OCCC)c3)C(=O)C(=O)N2c2nc3c(C)cc(C)cc3s2)cc1OC. The number of Topliss-reactive ketones (excluding diaryl/α,β-unsaturated/α-hetero) is 1. The number of rotatable bonds is 12. The standard InChI is InChI=1S/C35H38N2O6S/c1-6-8-9-16-43-26-14-13-23(20-27(26)41-5)31-29(32(38)24-11-10-12-25(19-24)42-15-7-2)33(39)34(40)37(31)35-36-30-22(4)17-21(3)18-28(30)44-35/h10-14,17-20,31,38H,6-9,15-16H2,1-5H3. The van der Waals surface area contributed by atoms with E-state index in [4.69, 9.17) is 19.2 Å². The van der Waals surface area contributed by atoms with Crippen LogP contribution in [0.25, 0.3) is 16.0 Å². The van der Waals surface area contributed by atoms with Crippen molar-refractivity contribution in [2.75, 3.05) is 25.2 Å². The van der Waals surface area contributed by atoms with E-state index in [2.05, 4.69) is 6.92 Å². The summed E-state index contributed by atoms with van der Waals surface area (Å²) in [4.78, 5) is 33.8. The summed E-state index contributed by atoms with van der Waals surface area (Å²) in [6, 6.07) is 15.3. The zero-order valence-electron chi connectivity index (χ0n) is 25.8. The van der Waals surface area contributed by atoms with Crippen molar-refractivity contribution < 1.29 is 28.9 Å². The highest BCUT2D eigenvalue weighted by molar-refractivity contribution is 7.22. The molecular weight excluding hydrogens is 576 g/mol. The first-order valence-electron chi connectivity index (χ1n) is 15.0. The maximum absolute atomic E-state index is 13.8. The average molecular weight is 615 g/mol. The van der Waals surface area contributed by atoms with E-state index in [1.54, 1.807) is 49.6 Å². The number of aromatic nitrogens is 1. The quantitative estimate of drug-likeness (QED) is 0.0749. The predicted octanol–water partition coefficient (Wildman–Crippen LogP) is 7.91. The van der Waals surface area contributed by atoms with Crippen LogP contribution in [-0.4, -0.2) is 42.1 Å². The Kier molecular flexibility index (Phi) is 9.54. The van der Waals surface area contributed by atoms with Crippen LogP contribution in [-0.2, 0) is 9.59 Å². The topological polar surface area (TPSA) is 98.2 Å². The van der Waals surface area contributed by atoms with Gasteiger partial charge in [0, 0.05) is 5.56 Å². The number of fused-ring (bicyclic) bond motifs is 1. The molecule has 1 saturated heterocycles. The summed E-state index contributed by atoms with van der Waals surface area (Å²) in [6.45, 7) is 9.18. The lowest BCUT2D eigenvalue weighted by Gasteiger charge is -2.24. The predicted molar refractivity (Wildman–Crippen MR) is 174 cm³/mol. The number of amides is 1. The van der Waals surface area contributed by atoms with Crippen LogP contribution in [0.5, 0.6) is 17.2 Å². The van der Waals surface area contributed by atoms with Crippen LogP contribution in [0.3, 0.4) is 0 Å². The van der Waals surface area contributed by atoms with Gasteiger partial charge in [-0.1, -0.05) is 62.3 Å². The van der Waals surface area contributed by atoms with Crippen molar-refractivity contribution >= 4 is 44.1 Å². The fraction of sp³-hybridized carbons (Fsp3) is 0.343. The first-order chi connectivity index (χ1) is 21.3. The van der Waals surface area contributed by atoms with Crippen LogP contribution in [0.1, 0.15) is 67.8 Å². The summed E-state index contributed by atoms with van der Waals surface area (Å²) in [5.74, 6) is -0.248. The summed E-state index contributed by atoms with van der Waals surface area (Å²) in [5, 5.41) is 12.0. The molecule has 4 aromatic rings. The third-order valence-electron chi connectivity index (χ3n) is 7.56. The molecule has 0 bridgehead atoms. The molecule has 1 aromatic heterocycles. The number of aryl methyl sites for hydroxylation is 2. The van der Waals surface area contributed by atoms with E-state index in [0.29, 0.717) is 46.7 Å². The van der Waals surface area contributed by atoms with Gasteiger partial charge < -0.3 is 19.3 Å². The number of carbonyl (C=O) groups excluding carboxylic acids is 2. The van der Waals surface area contributed by atoms with Crippen LogP contribution >= 0.6 is 11.3 Å². The van der Waals surface area contributed by atoms with Crippen molar-refractivity contribution in [3.63, 3.8) is 0 Å². The van der Waals surface area contributed by atoms with Crippen LogP contribution in [0, 0.1) is 13.8 Å². The largest absolute Gasteiger partial charge is 0.507 e. The molecule has 1 N–H and O–H groups in total. The van der Waals surface area contributed by atoms with Gasteiger partial charge in [0.05, 0.1) is 42.2 Å². The number of aliphatic hydroxyl groups is 1. The second-order valence-corrected chi connectivity index (χ2v) is 11.9. The first-order valence-corrected chi connectivity index (χ1v) is 15.8. The number of aliphatic hydroxyl groups excluding tert-OH is 1. The fourth-order valence-electron chi connectivity index (χ4n) is 5.42. The molecule has 5 rings (SSSR count). The first kappa shape index (κ1) is 31.1. The monoisotopic (exact) mass is 614 g/mol. The number of ketones is 1. The van der Waals surface area contributed by atoms with E-state index in [9.17, 15) is 14.7 Å². The highest BCUT2D eigenvalue weighted by Gasteiger charge is 2.48. The van der Waals surface area contributed by atoms with Gasteiger partial charge in [0.15, 0.2) is 16.6 Å². The van der Waals surface area contributed by atoms with Crippen LogP contribution in [0.2, 0.25) is 0 Å². The van der Waals surface area contributed by atoms with Gasteiger partial charge in [-0.05, 0) is 73.7 Å². The normalized spacial score (nSPS) is 16.1. The maximum Gasteiger partial charge on any atom is 0.301 e. The molecule has 44 heavy (non-hydrogen) atoms. The molecule has 0 radical (unpaired) electrons. The summed E-state index contributed by atoms with van der Waals surface area (Å²) in [6.07, 6.45) is 3.87. The van der Waals surface area contributed by atoms with Gasteiger partial charge in [-0.3, -0.25) is 14.5 Å². The van der Waals surface area contributed by atoms with Gasteiger partial charge in [0.25, 0.3) is 5.78 Å². The second-order valence-electron chi connectivity index (χ2n) is 10.9. The second kappa shape index (κ2) is 13.5. The molecule has 1 aliphatic rings. The van der Waals surface area contributed by atoms with E-state index in [1.807, 2.05) is 32.9 Å². The van der Waals surface area contributed by atoms with Crippen molar-refractivity contribution in [3.8, 4) is 17.2 Å². The van der Waals surface area contributed by atoms with E-state index in [1.165, 1.54) is 16.2 Å². The molecule has 1 atom stereocenters. The minimum atomic E-state index is -0.958. The molecule has 0 spiro atoms. The third kappa shape index (κ3) is 6.15. The molecule has 1 unspecified atom stereocenters. The van der Waals surface area contributed by atoms with E-state index >= 15 is 0 Å². The van der Waals surface area contributed by atoms with Crippen LogP contribution in [0.4, 0.5) is 5.13 Å². The Morgan fingerprint density at radius 1 is 0.955 bits per heavy atom. The smallest absolute Gasteiger partial charge is 0.301 e. The Bertz CT molecular complexity index is 1730. The highest BCUT2D eigenvalue weighted by atomic mass is 32.1. The van der Waals surface area contributed by atoms with E-state index in [0.717, 1.165) is 47.0 Å². The molecule has 3 aromatic carbocycles. The van der Waals surface area contributed by atoms with Gasteiger partial charge >= 0.3 is 5.91 Å². The lowest BCUT2D eigenvalue weighted by Crippen LogP contribution is -2.29. The van der Waals surface area contributed by atoms with Crippen molar-refractivity contribution in [2.45, 2.75) is 59.4 Å². The maximum atomic E-state index is 13.8. The molecule has 2 heterocycles. The van der Waals surface area contributed by atoms with Crippen molar-refractivity contribution in [2.24, 2.45) is 0 Å². The number of nitrogens with zero attached hydrogens (tertiary/aromatic N) is 2. The van der Waals surface area contributed by atoms with Crippen molar-refractivity contribution in [1.29, 1.82) is 0 Å². The minimum Gasteiger partial charge on any atom is -0.507 e. The molecule has 1 aliphatic heterocycles. The number of ether oxygens (including phenoxy) is 3. The zero-order chi connectivity index (χ0) is 31.4. The zero-order valence-corrected chi connectivity index (χ0v) is 26.6. The Labute approximate surface area is 261 Å².